The smallest absolute Gasteiger partial charge is 0.255 e. The quantitative estimate of drug-likeness (QED) is 0.486. The van der Waals surface area contributed by atoms with E-state index in [1.165, 1.54) is 17.5 Å². The minimum atomic E-state index is -0.332. The third-order valence-corrected chi connectivity index (χ3v) is 4.61. The van der Waals surface area contributed by atoms with Crippen LogP contribution in [0, 0.1) is 0 Å². The molecular formula is C20H22N2O2S. The number of hydrogen-bond donors (Lipinski definition) is 2. The molecule has 130 valence electrons. The number of carbonyl (C=O) groups is 2. The Kier molecular flexibility index (Phi) is 5.93. The number of allylic oxidation sites excluding steroid dienone is 3. The largest absolute Gasteiger partial charge is 0.404 e. The van der Waals surface area contributed by atoms with Gasteiger partial charge < -0.3 is 11.1 Å². The summed E-state index contributed by atoms with van der Waals surface area (Å²) in [7, 11) is 0. The first-order chi connectivity index (χ1) is 11.8. The molecule has 0 spiro atoms. The molecule has 0 aliphatic rings. The van der Waals surface area contributed by atoms with E-state index < -0.39 is 0 Å². The van der Waals surface area contributed by atoms with Crippen molar-refractivity contribution in [2.75, 3.05) is 0 Å². The molecule has 1 heterocycles. The SMILES string of the molecule is CC(C)(C)c1ccc(C(=O)N/C(C=O)=C/C(=C\N)c2cccs2)cc1. The van der Waals surface area contributed by atoms with Gasteiger partial charge in [0.15, 0.2) is 6.29 Å². The van der Waals surface area contributed by atoms with Gasteiger partial charge >= 0.3 is 0 Å². The van der Waals surface area contributed by atoms with E-state index >= 15 is 0 Å². The van der Waals surface area contributed by atoms with Crippen LogP contribution in [0.1, 0.15) is 41.6 Å². The predicted molar refractivity (Wildman–Crippen MR) is 103 cm³/mol. The molecule has 0 unspecified atom stereocenters. The highest BCUT2D eigenvalue weighted by Gasteiger charge is 2.15. The first-order valence-corrected chi connectivity index (χ1v) is 8.77. The average molecular weight is 354 g/mol. The molecule has 0 aliphatic carbocycles. The van der Waals surface area contributed by atoms with Crippen molar-refractivity contribution >= 4 is 29.1 Å². The summed E-state index contributed by atoms with van der Waals surface area (Å²) < 4.78 is 0. The number of rotatable bonds is 5. The highest BCUT2D eigenvalue weighted by atomic mass is 32.1. The van der Waals surface area contributed by atoms with Crippen LogP contribution in [0.5, 0.6) is 0 Å². The zero-order chi connectivity index (χ0) is 18.4. The number of thiophene rings is 1. The van der Waals surface area contributed by atoms with Gasteiger partial charge in [-0.1, -0.05) is 39.0 Å². The highest BCUT2D eigenvalue weighted by Crippen LogP contribution is 2.23. The van der Waals surface area contributed by atoms with Crippen molar-refractivity contribution in [1.82, 2.24) is 5.32 Å². The molecule has 0 saturated carbocycles. The maximum Gasteiger partial charge on any atom is 0.255 e. The molecular weight excluding hydrogens is 332 g/mol. The fourth-order valence-corrected chi connectivity index (χ4v) is 2.96. The monoisotopic (exact) mass is 354 g/mol. The summed E-state index contributed by atoms with van der Waals surface area (Å²) in [5.41, 5.74) is 8.13. The lowest BCUT2D eigenvalue weighted by Crippen LogP contribution is -2.24. The lowest BCUT2D eigenvalue weighted by atomic mass is 9.87. The van der Waals surface area contributed by atoms with Gasteiger partial charge in [0.2, 0.25) is 0 Å². The van der Waals surface area contributed by atoms with Crippen LogP contribution in [-0.4, -0.2) is 12.2 Å². The maximum atomic E-state index is 12.4. The van der Waals surface area contributed by atoms with Crippen molar-refractivity contribution < 1.29 is 9.59 Å². The number of hydrogen-bond acceptors (Lipinski definition) is 4. The van der Waals surface area contributed by atoms with Crippen LogP contribution in [0.4, 0.5) is 0 Å². The van der Waals surface area contributed by atoms with Crippen LogP contribution in [-0.2, 0) is 10.2 Å². The number of carbonyl (C=O) groups excluding carboxylic acids is 2. The third kappa shape index (κ3) is 4.90. The van der Waals surface area contributed by atoms with E-state index in [-0.39, 0.29) is 17.0 Å². The summed E-state index contributed by atoms with van der Waals surface area (Å²) in [6, 6.07) is 11.2. The van der Waals surface area contributed by atoms with E-state index in [2.05, 4.69) is 26.1 Å². The van der Waals surface area contributed by atoms with Gasteiger partial charge in [0.1, 0.15) is 0 Å². The normalized spacial score (nSPS) is 12.8. The lowest BCUT2D eigenvalue weighted by molar-refractivity contribution is -0.105. The Morgan fingerprint density at radius 1 is 1.16 bits per heavy atom. The molecule has 0 bridgehead atoms. The van der Waals surface area contributed by atoms with Gasteiger partial charge in [0.05, 0.1) is 5.70 Å². The summed E-state index contributed by atoms with van der Waals surface area (Å²) in [6.07, 6.45) is 3.60. The van der Waals surface area contributed by atoms with Crippen LogP contribution in [0.2, 0.25) is 0 Å². The van der Waals surface area contributed by atoms with Crippen molar-refractivity contribution in [3.05, 3.63) is 75.8 Å². The van der Waals surface area contributed by atoms with Crippen molar-refractivity contribution in [2.24, 2.45) is 5.73 Å². The van der Waals surface area contributed by atoms with Gasteiger partial charge in [-0.2, -0.15) is 0 Å². The van der Waals surface area contributed by atoms with E-state index in [9.17, 15) is 9.59 Å². The van der Waals surface area contributed by atoms with Crippen LogP contribution in [0.3, 0.4) is 0 Å². The zero-order valence-electron chi connectivity index (χ0n) is 14.6. The van der Waals surface area contributed by atoms with Crippen molar-refractivity contribution in [3.63, 3.8) is 0 Å². The Balaban J connectivity index is 2.17. The first kappa shape index (κ1) is 18.7. The van der Waals surface area contributed by atoms with Gasteiger partial charge in [0, 0.05) is 22.2 Å². The molecule has 5 heteroatoms. The van der Waals surface area contributed by atoms with Crippen LogP contribution in [0.15, 0.2) is 59.8 Å². The Morgan fingerprint density at radius 3 is 2.32 bits per heavy atom. The van der Waals surface area contributed by atoms with E-state index in [1.807, 2.05) is 29.6 Å². The van der Waals surface area contributed by atoms with E-state index in [4.69, 9.17) is 5.73 Å². The van der Waals surface area contributed by atoms with Gasteiger partial charge in [-0.05, 0) is 40.6 Å². The van der Waals surface area contributed by atoms with Gasteiger partial charge in [0.25, 0.3) is 5.91 Å². The minimum absolute atomic E-state index is 0.0182. The first-order valence-electron chi connectivity index (χ1n) is 7.89. The summed E-state index contributed by atoms with van der Waals surface area (Å²) in [6.45, 7) is 6.34. The minimum Gasteiger partial charge on any atom is -0.404 e. The number of amides is 1. The Morgan fingerprint density at radius 2 is 1.84 bits per heavy atom. The molecule has 1 aromatic carbocycles. The summed E-state index contributed by atoms with van der Waals surface area (Å²) in [5, 5.41) is 4.55. The van der Waals surface area contributed by atoms with Crippen molar-refractivity contribution in [1.29, 1.82) is 0 Å². The second kappa shape index (κ2) is 7.94. The zero-order valence-corrected chi connectivity index (χ0v) is 15.4. The lowest BCUT2D eigenvalue weighted by Gasteiger charge is -2.19. The fraction of sp³-hybridized carbons (Fsp3) is 0.200. The third-order valence-electron chi connectivity index (χ3n) is 3.69. The summed E-state index contributed by atoms with van der Waals surface area (Å²) >= 11 is 1.51. The maximum absolute atomic E-state index is 12.4. The summed E-state index contributed by atoms with van der Waals surface area (Å²) in [4.78, 5) is 24.6. The van der Waals surface area contributed by atoms with E-state index in [1.54, 1.807) is 18.2 Å². The fourth-order valence-electron chi connectivity index (χ4n) is 2.24. The van der Waals surface area contributed by atoms with Gasteiger partial charge in [-0.15, -0.1) is 11.3 Å². The molecule has 0 atom stereocenters. The Bertz CT molecular complexity index is 795. The highest BCUT2D eigenvalue weighted by molar-refractivity contribution is 7.11. The second-order valence-corrected chi connectivity index (χ2v) is 7.55. The van der Waals surface area contributed by atoms with Crippen molar-refractivity contribution in [3.8, 4) is 0 Å². The van der Waals surface area contributed by atoms with Gasteiger partial charge in [-0.25, -0.2) is 0 Å². The molecule has 2 rings (SSSR count). The number of benzene rings is 1. The van der Waals surface area contributed by atoms with E-state index in [0.717, 1.165) is 10.4 Å². The Hall–Kier alpha value is -2.66. The molecule has 0 radical (unpaired) electrons. The van der Waals surface area contributed by atoms with Crippen molar-refractivity contribution in [2.45, 2.75) is 26.2 Å². The predicted octanol–water partition coefficient (Wildman–Crippen LogP) is 3.86. The molecule has 0 aliphatic heterocycles. The molecule has 0 saturated heterocycles. The van der Waals surface area contributed by atoms with Crippen LogP contribution < -0.4 is 11.1 Å². The molecule has 1 amide bonds. The van der Waals surface area contributed by atoms with Gasteiger partial charge in [-0.3, -0.25) is 9.59 Å². The number of nitrogens with two attached hydrogens (primary N) is 1. The topological polar surface area (TPSA) is 72.2 Å². The molecule has 4 nitrogen and oxygen atoms in total. The average Bonchev–Trinajstić information content (AvgIpc) is 3.12. The number of aldehydes is 1. The molecule has 2 aromatic rings. The number of nitrogens with one attached hydrogen (secondary N) is 1. The Labute approximate surface area is 152 Å². The van der Waals surface area contributed by atoms with Crippen LogP contribution in [0.25, 0.3) is 5.57 Å². The summed E-state index contributed by atoms with van der Waals surface area (Å²) in [5.74, 6) is -0.332. The van der Waals surface area contributed by atoms with Crippen LogP contribution >= 0.6 is 11.3 Å². The molecule has 1 aromatic heterocycles. The molecule has 3 N–H and O–H groups in total. The van der Waals surface area contributed by atoms with E-state index in [0.29, 0.717) is 17.4 Å². The second-order valence-electron chi connectivity index (χ2n) is 6.60. The molecule has 25 heavy (non-hydrogen) atoms. The standard InChI is InChI=1S/C20H22N2O2S/c1-20(2,3)16-8-6-14(7-9-16)19(24)22-17(13-23)11-15(12-21)18-5-4-10-25-18/h4-13H,21H2,1-3H3,(H,22,24)/b15-12+,17-11+. The molecule has 0 fully saturated rings.